The number of carbonyl (C=O) groups is 2. The van der Waals surface area contributed by atoms with E-state index in [1.807, 2.05) is 0 Å². The van der Waals surface area contributed by atoms with E-state index in [-0.39, 0.29) is 23.4 Å². The van der Waals surface area contributed by atoms with Gasteiger partial charge in [-0.15, -0.1) is 0 Å². The summed E-state index contributed by atoms with van der Waals surface area (Å²) in [5, 5.41) is 1.68. The van der Waals surface area contributed by atoms with Gasteiger partial charge in [0, 0.05) is 19.2 Å². The molecule has 0 unspecified atom stereocenters. The highest BCUT2D eigenvalue weighted by Crippen LogP contribution is 2.16. The molecule has 0 saturated heterocycles. The van der Waals surface area contributed by atoms with Crippen molar-refractivity contribution < 1.29 is 35.9 Å². The highest BCUT2D eigenvalue weighted by molar-refractivity contribution is 7.89. The molecule has 0 aliphatic carbocycles. The number of methoxy groups -OCH3 is 1. The number of benzene rings is 1. The Bertz CT molecular complexity index is 717. The van der Waals surface area contributed by atoms with Crippen LogP contribution in [0.4, 0.5) is 13.2 Å². The summed E-state index contributed by atoms with van der Waals surface area (Å²) in [6.45, 7) is -1.59. The van der Waals surface area contributed by atoms with Crippen LogP contribution in [0.2, 0.25) is 0 Å². The first kappa shape index (κ1) is 20.9. The first-order valence-corrected chi connectivity index (χ1v) is 8.39. The van der Waals surface area contributed by atoms with E-state index in [4.69, 9.17) is 0 Å². The van der Waals surface area contributed by atoms with E-state index in [0.717, 1.165) is 28.6 Å². The number of ether oxygens (including phenoxy) is 1. The largest absolute Gasteiger partial charge is 0.469 e. The third-order valence-electron chi connectivity index (χ3n) is 3.13. The second-order valence-electron chi connectivity index (χ2n) is 4.97. The molecule has 0 fully saturated rings. The first-order valence-electron chi connectivity index (χ1n) is 6.95. The van der Waals surface area contributed by atoms with E-state index in [0.29, 0.717) is 0 Å². The number of sulfonamides is 1. The summed E-state index contributed by atoms with van der Waals surface area (Å²) < 4.78 is 66.1. The molecule has 0 heterocycles. The quantitative estimate of drug-likeness (QED) is 0.715. The van der Waals surface area contributed by atoms with Gasteiger partial charge in [-0.25, -0.2) is 12.7 Å². The van der Waals surface area contributed by atoms with E-state index in [1.165, 1.54) is 14.2 Å². The maximum Gasteiger partial charge on any atom is 0.405 e. The van der Waals surface area contributed by atoms with Crippen molar-refractivity contribution in [2.45, 2.75) is 17.5 Å². The molecule has 0 aliphatic rings. The smallest absolute Gasteiger partial charge is 0.405 e. The Labute approximate surface area is 142 Å². The normalized spacial score (nSPS) is 12.1. The molecule has 7 nitrogen and oxygen atoms in total. The molecule has 1 N–H and O–H groups in total. The predicted octanol–water partition coefficient (Wildman–Crippen LogP) is 1.16. The van der Waals surface area contributed by atoms with Crippen LogP contribution in [-0.4, -0.2) is 58.0 Å². The van der Waals surface area contributed by atoms with Gasteiger partial charge < -0.3 is 10.1 Å². The van der Waals surface area contributed by atoms with Gasteiger partial charge in [-0.2, -0.15) is 13.2 Å². The van der Waals surface area contributed by atoms with Crippen LogP contribution in [0.1, 0.15) is 16.8 Å². The van der Waals surface area contributed by atoms with Crippen molar-refractivity contribution >= 4 is 21.9 Å². The molecule has 0 bridgehead atoms. The number of esters is 1. The van der Waals surface area contributed by atoms with Crippen molar-refractivity contribution in [1.82, 2.24) is 9.62 Å². The molecular formula is C14H17F3N2O5S. The minimum absolute atomic E-state index is 0.108. The number of amides is 1. The van der Waals surface area contributed by atoms with Crippen LogP contribution >= 0.6 is 0 Å². The topological polar surface area (TPSA) is 92.8 Å². The fraction of sp³-hybridized carbons (Fsp3) is 0.429. The number of nitrogens with one attached hydrogen (secondary N) is 1. The standard InChI is InChI=1S/C14H17F3N2O5S/c1-19(8-7-12(20)24-2)25(22,23)11-5-3-10(4-6-11)13(21)18-9-14(15,16)17/h3-6H,7-9H2,1-2H3,(H,18,21). The van der Waals surface area contributed by atoms with Gasteiger partial charge in [0.1, 0.15) is 6.54 Å². The van der Waals surface area contributed by atoms with Gasteiger partial charge in [0.2, 0.25) is 10.0 Å². The molecule has 0 aliphatic heterocycles. The molecular weight excluding hydrogens is 365 g/mol. The molecule has 1 amide bonds. The lowest BCUT2D eigenvalue weighted by molar-refractivity contribution is -0.140. The van der Waals surface area contributed by atoms with Gasteiger partial charge >= 0.3 is 12.1 Å². The summed E-state index contributed by atoms with van der Waals surface area (Å²) in [4.78, 5) is 22.5. The fourth-order valence-corrected chi connectivity index (χ4v) is 2.88. The Balaban J connectivity index is 2.80. The van der Waals surface area contributed by atoms with E-state index < -0.39 is 34.6 Å². The Morgan fingerprint density at radius 2 is 1.76 bits per heavy atom. The number of rotatable bonds is 7. The summed E-state index contributed by atoms with van der Waals surface area (Å²) in [7, 11) is -1.46. The highest BCUT2D eigenvalue weighted by Gasteiger charge is 2.28. The van der Waals surface area contributed by atoms with Crippen LogP contribution in [0.3, 0.4) is 0 Å². The van der Waals surface area contributed by atoms with Crippen LogP contribution in [0, 0.1) is 0 Å². The summed E-state index contributed by atoms with van der Waals surface area (Å²) in [6.07, 6.45) is -4.68. The molecule has 25 heavy (non-hydrogen) atoms. The molecule has 0 spiro atoms. The highest BCUT2D eigenvalue weighted by atomic mass is 32.2. The van der Waals surface area contributed by atoms with E-state index in [9.17, 15) is 31.2 Å². The minimum Gasteiger partial charge on any atom is -0.469 e. The van der Waals surface area contributed by atoms with Crippen molar-refractivity contribution in [2.75, 3.05) is 27.2 Å². The van der Waals surface area contributed by atoms with Gasteiger partial charge in [0.15, 0.2) is 0 Å². The van der Waals surface area contributed by atoms with Gasteiger partial charge in [-0.05, 0) is 24.3 Å². The number of carbonyl (C=O) groups excluding carboxylic acids is 2. The zero-order chi connectivity index (χ0) is 19.3. The van der Waals surface area contributed by atoms with Crippen LogP contribution in [0.15, 0.2) is 29.2 Å². The van der Waals surface area contributed by atoms with Gasteiger partial charge in [-0.1, -0.05) is 0 Å². The van der Waals surface area contributed by atoms with Crippen molar-refractivity contribution in [2.24, 2.45) is 0 Å². The maximum atomic E-state index is 12.3. The zero-order valence-corrected chi connectivity index (χ0v) is 14.3. The van der Waals surface area contributed by atoms with Crippen LogP contribution in [-0.2, 0) is 19.6 Å². The Hall–Kier alpha value is -2.14. The zero-order valence-electron chi connectivity index (χ0n) is 13.5. The average molecular weight is 382 g/mol. The van der Waals surface area contributed by atoms with Crippen molar-refractivity contribution in [3.63, 3.8) is 0 Å². The van der Waals surface area contributed by atoms with Gasteiger partial charge in [-0.3, -0.25) is 9.59 Å². The molecule has 11 heteroatoms. The molecule has 1 aromatic rings. The Morgan fingerprint density at radius 1 is 1.20 bits per heavy atom. The number of halogens is 3. The van der Waals surface area contributed by atoms with E-state index in [1.54, 1.807) is 5.32 Å². The molecule has 0 aromatic heterocycles. The van der Waals surface area contributed by atoms with Crippen molar-refractivity contribution in [3.8, 4) is 0 Å². The Kier molecular flexibility index (Phi) is 6.94. The third-order valence-corrected chi connectivity index (χ3v) is 5.00. The van der Waals surface area contributed by atoms with Crippen LogP contribution in [0.25, 0.3) is 0 Å². The van der Waals surface area contributed by atoms with Gasteiger partial charge in [0.05, 0.1) is 18.4 Å². The van der Waals surface area contributed by atoms with Crippen LogP contribution < -0.4 is 5.32 Å². The predicted molar refractivity (Wildman–Crippen MR) is 81.3 cm³/mol. The second-order valence-corrected chi connectivity index (χ2v) is 7.02. The molecule has 0 atom stereocenters. The summed E-state index contributed by atoms with van der Waals surface area (Å²) in [6, 6.07) is 4.42. The van der Waals surface area contributed by atoms with Crippen LogP contribution in [0.5, 0.6) is 0 Å². The number of hydrogen-bond acceptors (Lipinski definition) is 5. The lowest BCUT2D eigenvalue weighted by Gasteiger charge is -2.16. The van der Waals surface area contributed by atoms with Crippen molar-refractivity contribution in [1.29, 1.82) is 0 Å². The molecule has 1 aromatic carbocycles. The van der Waals surface area contributed by atoms with E-state index >= 15 is 0 Å². The average Bonchev–Trinajstić information content (AvgIpc) is 2.56. The first-order chi connectivity index (χ1) is 11.5. The summed E-state index contributed by atoms with van der Waals surface area (Å²) in [5.74, 6) is -1.54. The molecule has 1 rings (SSSR count). The Morgan fingerprint density at radius 3 is 2.24 bits per heavy atom. The van der Waals surface area contributed by atoms with Crippen molar-refractivity contribution in [3.05, 3.63) is 29.8 Å². The second kappa shape index (κ2) is 8.30. The summed E-state index contributed by atoms with van der Waals surface area (Å²) >= 11 is 0. The molecule has 140 valence electrons. The minimum atomic E-state index is -4.54. The van der Waals surface area contributed by atoms with Gasteiger partial charge in [0.25, 0.3) is 5.91 Å². The lowest BCUT2D eigenvalue weighted by atomic mass is 10.2. The number of nitrogens with zero attached hydrogens (tertiary/aromatic N) is 1. The number of alkyl halides is 3. The third kappa shape index (κ3) is 6.35. The number of hydrogen-bond donors (Lipinski definition) is 1. The summed E-state index contributed by atoms with van der Waals surface area (Å²) in [5.41, 5.74) is -0.111. The monoisotopic (exact) mass is 382 g/mol. The molecule has 0 saturated carbocycles. The lowest BCUT2D eigenvalue weighted by Crippen LogP contribution is -2.33. The molecule has 0 radical (unpaired) electrons. The fourth-order valence-electron chi connectivity index (χ4n) is 1.71. The SMILES string of the molecule is COC(=O)CCN(C)S(=O)(=O)c1ccc(C(=O)NCC(F)(F)F)cc1. The maximum absolute atomic E-state index is 12.3. The van der Waals surface area contributed by atoms with E-state index in [2.05, 4.69) is 4.74 Å².